The molecule has 2 aliphatic heterocycles. The number of fused-ring (bicyclic) bond motifs is 9. The van der Waals surface area contributed by atoms with Crippen molar-refractivity contribution < 1.29 is 4.42 Å². The molecule has 1 aromatic heterocycles. The molecule has 81 heavy (non-hydrogen) atoms. The Morgan fingerprint density at radius 2 is 0.864 bits per heavy atom. The van der Waals surface area contributed by atoms with Crippen molar-refractivity contribution in [1.82, 2.24) is 0 Å². The number of benzene rings is 8. The minimum atomic E-state index is -0.0451. The fourth-order valence-corrected chi connectivity index (χ4v) is 15.0. The summed E-state index contributed by atoms with van der Waals surface area (Å²) >= 11 is 0. The summed E-state index contributed by atoms with van der Waals surface area (Å²) in [7, 11) is 0. The first-order valence-electron chi connectivity index (χ1n) is 30.1. The fourth-order valence-electron chi connectivity index (χ4n) is 15.0. The van der Waals surface area contributed by atoms with Gasteiger partial charge in [-0.15, -0.1) is 0 Å². The van der Waals surface area contributed by atoms with Crippen LogP contribution in [0.1, 0.15) is 181 Å². The first kappa shape index (κ1) is 53.3. The van der Waals surface area contributed by atoms with Crippen molar-refractivity contribution in [2.75, 3.05) is 14.7 Å². The van der Waals surface area contributed by atoms with E-state index in [-0.39, 0.29) is 44.6 Å². The molecule has 0 radical (unpaired) electrons. The number of nitrogens with zero attached hydrogens (tertiary/aromatic N) is 3. The highest BCUT2D eigenvalue weighted by molar-refractivity contribution is 7.00. The molecular weight excluding hydrogens is 982 g/mol. The van der Waals surface area contributed by atoms with Gasteiger partial charge in [0.2, 0.25) is 0 Å². The third kappa shape index (κ3) is 8.51. The third-order valence-electron chi connectivity index (χ3n) is 19.6. The molecule has 0 spiro atoms. The molecule has 3 heterocycles. The molecule has 0 saturated heterocycles. The van der Waals surface area contributed by atoms with E-state index in [1.807, 2.05) is 0 Å². The largest absolute Gasteiger partial charge is 0.456 e. The minimum absolute atomic E-state index is 0.00405. The first-order chi connectivity index (χ1) is 37.9. The molecule has 13 rings (SSSR count). The first-order valence-corrected chi connectivity index (χ1v) is 30.1. The molecule has 0 atom stereocenters. The number of hydrogen-bond donors (Lipinski definition) is 0. The van der Waals surface area contributed by atoms with Crippen LogP contribution in [0, 0.1) is 6.92 Å². The number of hydrogen-bond acceptors (Lipinski definition) is 4. The molecule has 0 saturated carbocycles. The standard InChI is InChI=1S/C76H84BN3O/c1-46-37-65-69-66(38-46)80(54-28-32-56-55-31-23-49(72(8,9)10)39-67(55)81-68(56)42-54)63-41-53(78(50-24-19-47(20-25-50)70(2,3)4)51-26-21-48(22-27-51)71(5,6)7)30-34-61(63)77(69)62-43-59-60(76(17,18)45-75(59,15)16)44-64(62)79(65)52-29-33-57-58(40-52)74(13,14)36-35-73(57,11)12/h19-34,37-44H,35-36,45H2,1-18H3. The van der Waals surface area contributed by atoms with E-state index in [1.165, 1.54) is 95.8 Å². The van der Waals surface area contributed by atoms with Crippen LogP contribution in [0.25, 0.3) is 21.9 Å². The van der Waals surface area contributed by atoms with Gasteiger partial charge in [-0.2, -0.15) is 0 Å². The maximum atomic E-state index is 6.98. The summed E-state index contributed by atoms with van der Waals surface area (Å²) in [6.45, 7) is 42.6. The van der Waals surface area contributed by atoms with Gasteiger partial charge in [-0.25, -0.2) is 0 Å². The zero-order chi connectivity index (χ0) is 57.5. The van der Waals surface area contributed by atoms with E-state index in [4.69, 9.17) is 4.42 Å². The summed E-state index contributed by atoms with van der Waals surface area (Å²) in [5.41, 5.74) is 27.7. The highest BCUT2D eigenvalue weighted by Gasteiger charge is 2.49. The lowest BCUT2D eigenvalue weighted by molar-refractivity contribution is 0.332. The van der Waals surface area contributed by atoms with Crippen LogP contribution in [-0.4, -0.2) is 6.71 Å². The molecule has 2 aliphatic carbocycles. The third-order valence-corrected chi connectivity index (χ3v) is 19.6. The average Bonchev–Trinajstić information content (AvgIpc) is 2.83. The second kappa shape index (κ2) is 17.5. The topological polar surface area (TPSA) is 22.9 Å². The zero-order valence-electron chi connectivity index (χ0n) is 51.8. The van der Waals surface area contributed by atoms with Crippen LogP contribution in [0.4, 0.5) is 51.2 Å². The van der Waals surface area contributed by atoms with Gasteiger partial charge >= 0.3 is 0 Å². The van der Waals surface area contributed by atoms with Crippen LogP contribution in [0.3, 0.4) is 0 Å². The molecule has 5 heteroatoms. The van der Waals surface area contributed by atoms with Gasteiger partial charge in [-0.05, 0) is 210 Å². The molecule has 0 fully saturated rings. The monoisotopic (exact) mass is 1070 g/mol. The van der Waals surface area contributed by atoms with Crippen LogP contribution in [0.5, 0.6) is 0 Å². The fraction of sp³-hybridized carbons (Fsp3) is 0.368. The number of rotatable bonds is 5. The SMILES string of the molecule is Cc1cc2c3c(c1)N(c1ccc4c(c1)C(C)(C)CCC4(C)C)c1cc4c(cc1B3c1ccc(N(c3ccc(C(C)(C)C)cc3)c3ccc(C(C)(C)C)cc3)cc1N2c1ccc2c(c1)oc1cc(C(C)(C)C)ccc12)C(C)(C)CC4(C)C. The van der Waals surface area contributed by atoms with Gasteiger partial charge in [-0.1, -0.05) is 172 Å². The predicted octanol–water partition coefficient (Wildman–Crippen LogP) is 19.6. The van der Waals surface area contributed by atoms with Gasteiger partial charge in [0.15, 0.2) is 0 Å². The number of aryl methyl sites for hydroxylation is 1. The molecule has 0 bridgehead atoms. The summed E-state index contributed by atoms with van der Waals surface area (Å²) in [5.74, 6) is 0. The normalized spacial score (nSPS) is 17.4. The van der Waals surface area contributed by atoms with Crippen molar-refractivity contribution in [3.8, 4) is 0 Å². The average molecular weight is 1070 g/mol. The van der Waals surface area contributed by atoms with E-state index in [0.717, 1.165) is 57.5 Å². The Labute approximate surface area is 484 Å². The predicted molar refractivity (Wildman–Crippen MR) is 349 cm³/mol. The molecule has 8 aromatic carbocycles. The Hall–Kier alpha value is -6.98. The summed E-state index contributed by atoms with van der Waals surface area (Å²) in [4.78, 5) is 7.73. The zero-order valence-corrected chi connectivity index (χ0v) is 51.8. The van der Waals surface area contributed by atoms with Crippen LogP contribution in [-0.2, 0) is 37.9 Å². The van der Waals surface area contributed by atoms with E-state index in [2.05, 4.69) is 285 Å². The van der Waals surface area contributed by atoms with Crippen molar-refractivity contribution in [3.05, 3.63) is 190 Å². The second-order valence-electron chi connectivity index (χ2n) is 30.6. The Balaban J connectivity index is 1.10. The Morgan fingerprint density at radius 1 is 0.407 bits per heavy atom. The van der Waals surface area contributed by atoms with Gasteiger partial charge in [0.1, 0.15) is 11.2 Å². The van der Waals surface area contributed by atoms with Crippen LogP contribution in [0.15, 0.2) is 150 Å². The quantitative estimate of drug-likeness (QED) is 0.160. The van der Waals surface area contributed by atoms with Crippen LogP contribution >= 0.6 is 0 Å². The summed E-state index contributed by atoms with van der Waals surface area (Å²) in [6.07, 6.45) is 3.44. The Bertz CT molecular complexity index is 3990. The van der Waals surface area contributed by atoms with E-state index < -0.39 is 0 Å². The molecular formula is C76H84BN3O. The number of furan rings is 1. The highest BCUT2D eigenvalue weighted by Crippen LogP contribution is 2.55. The Kier molecular flexibility index (Phi) is 11.5. The maximum absolute atomic E-state index is 6.98. The molecule has 0 amide bonds. The second-order valence-corrected chi connectivity index (χ2v) is 30.6. The van der Waals surface area contributed by atoms with Gasteiger partial charge in [0.05, 0.1) is 0 Å². The van der Waals surface area contributed by atoms with E-state index in [0.29, 0.717) is 0 Å². The number of anilines is 9. The lowest BCUT2D eigenvalue weighted by Crippen LogP contribution is -2.61. The van der Waals surface area contributed by atoms with Crippen LogP contribution < -0.4 is 31.1 Å². The van der Waals surface area contributed by atoms with Crippen molar-refractivity contribution in [2.45, 2.75) is 182 Å². The smallest absolute Gasteiger partial charge is 0.252 e. The van der Waals surface area contributed by atoms with E-state index in [1.54, 1.807) is 0 Å². The van der Waals surface area contributed by atoms with Crippen molar-refractivity contribution >= 4 is 96.2 Å². The minimum Gasteiger partial charge on any atom is -0.456 e. The lowest BCUT2D eigenvalue weighted by atomic mass is 9.33. The van der Waals surface area contributed by atoms with Gasteiger partial charge < -0.3 is 19.1 Å². The van der Waals surface area contributed by atoms with Crippen molar-refractivity contribution in [3.63, 3.8) is 0 Å². The van der Waals surface area contributed by atoms with Crippen molar-refractivity contribution in [1.29, 1.82) is 0 Å². The maximum Gasteiger partial charge on any atom is 0.252 e. The molecule has 4 nitrogen and oxygen atoms in total. The molecule has 4 aliphatic rings. The van der Waals surface area contributed by atoms with Gasteiger partial charge in [0.25, 0.3) is 6.71 Å². The van der Waals surface area contributed by atoms with E-state index in [9.17, 15) is 0 Å². The molecule has 0 unspecified atom stereocenters. The lowest BCUT2D eigenvalue weighted by Gasteiger charge is -2.46. The summed E-state index contributed by atoms with van der Waals surface area (Å²) < 4.78 is 6.98. The summed E-state index contributed by atoms with van der Waals surface area (Å²) in [6, 6.07) is 57.4. The summed E-state index contributed by atoms with van der Waals surface area (Å²) in [5, 5.41) is 2.28. The highest BCUT2D eigenvalue weighted by atomic mass is 16.3. The van der Waals surface area contributed by atoms with Crippen LogP contribution in [0.2, 0.25) is 0 Å². The molecule has 0 N–H and O–H groups in total. The molecule has 412 valence electrons. The van der Waals surface area contributed by atoms with E-state index >= 15 is 0 Å². The Morgan fingerprint density at radius 3 is 1.43 bits per heavy atom. The van der Waals surface area contributed by atoms with Crippen molar-refractivity contribution in [2.24, 2.45) is 0 Å². The van der Waals surface area contributed by atoms with Gasteiger partial charge in [0, 0.05) is 68.0 Å². The van der Waals surface area contributed by atoms with Gasteiger partial charge in [-0.3, -0.25) is 0 Å². The molecule has 9 aromatic rings.